The van der Waals surface area contributed by atoms with Gasteiger partial charge in [0.15, 0.2) is 5.60 Å². The number of aromatic amines is 1. The number of nitrogens with zero attached hydrogens (tertiary/aromatic N) is 1. The molecule has 3 N–H and O–H groups in total. The summed E-state index contributed by atoms with van der Waals surface area (Å²) in [5.41, 5.74) is 0.785. The summed E-state index contributed by atoms with van der Waals surface area (Å²) in [7, 11) is 0. The zero-order valence-corrected chi connectivity index (χ0v) is 14.2. The Balaban J connectivity index is 1.62. The molecule has 7 nitrogen and oxygen atoms in total. The van der Waals surface area contributed by atoms with Crippen LogP contribution in [-0.2, 0) is 19.9 Å². The van der Waals surface area contributed by atoms with E-state index in [-0.39, 0.29) is 12.3 Å². The molecule has 1 atom stereocenters. The van der Waals surface area contributed by atoms with E-state index in [0.717, 1.165) is 35.2 Å². The number of nitrogens with one attached hydrogen (secondary N) is 2. The summed E-state index contributed by atoms with van der Waals surface area (Å²) >= 11 is 1.50. The first-order valence-electron chi connectivity index (χ1n) is 8.18. The van der Waals surface area contributed by atoms with Crippen LogP contribution in [0.3, 0.4) is 0 Å². The molecule has 0 radical (unpaired) electrons. The second kappa shape index (κ2) is 7.31. The van der Waals surface area contributed by atoms with E-state index in [1.807, 2.05) is 5.38 Å². The SMILES string of the molecule is O=C(O)CCCCCNC(=O)C1(c2scc3[nH]cnc23)CCCO1. The molecule has 0 saturated carbocycles. The first kappa shape index (κ1) is 16.9. The van der Waals surface area contributed by atoms with Crippen molar-refractivity contribution >= 4 is 34.2 Å². The van der Waals surface area contributed by atoms with Crippen molar-refractivity contribution in [1.82, 2.24) is 15.3 Å². The number of imidazole rings is 1. The van der Waals surface area contributed by atoms with Gasteiger partial charge in [-0.25, -0.2) is 4.98 Å². The molecule has 130 valence electrons. The highest BCUT2D eigenvalue weighted by Crippen LogP contribution is 2.42. The Bertz CT molecular complexity index is 718. The molecule has 8 heteroatoms. The Kier molecular flexibility index (Phi) is 5.15. The molecule has 1 fully saturated rings. The van der Waals surface area contributed by atoms with Crippen molar-refractivity contribution in [3.63, 3.8) is 0 Å². The number of carbonyl (C=O) groups excluding carboxylic acids is 1. The van der Waals surface area contributed by atoms with Gasteiger partial charge in [0.25, 0.3) is 5.91 Å². The molecule has 0 spiro atoms. The lowest BCUT2D eigenvalue weighted by Crippen LogP contribution is -2.44. The van der Waals surface area contributed by atoms with Crippen LogP contribution < -0.4 is 5.32 Å². The van der Waals surface area contributed by atoms with Crippen LogP contribution >= 0.6 is 11.3 Å². The molecule has 1 unspecified atom stereocenters. The van der Waals surface area contributed by atoms with Gasteiger partial charge in [0, 0.05) is 25.0 Å². The molecule has 3 rings (SSSR count). The van der Waals surface area contributed by atoms with E-state index in [1.54, 1.807) is 6.33 Å². The summed E-state index contributed by atoms with van der Waals surface area (Å²) < 4.78 is 5.90. The minimum atomic E-state index is -0.942. The fourth-order valence-electron chi connectivity index (χ4n) is 3.06. The van der Waals surface area contributed by atoms with Crippen molar-refractivity contribution in [2.75, 3.05) is 13.2 Å². The van der Waals surface area contributed by atoms with Crippen LogP contribution in [0.5, 0.6) is 0 Å². The fourth-order valence-corrected chi connectivity index (χ4v) is 4.19. The van der Waals surface area contributed by atoms with Crippen LogP contribution in [0.15, 0.2) is 11.7 Å². The molecule has 1 amide bonds. The Morgan fingerprint density at radius 2 is 2.29 bits per heavy atom. The highest BCUT2D eigenvalue weighted by Gasteiger charge is 2.46. The molecular weight excluding hydrogens is 330 g/mol. The van der Waals surface area contributed by atoms with Crippen molar-refractivity contribution in [1.29, 1.82) is 0 Å². The van der Waals surface area contributed by atoms with Crippen LogP contribution in [0.2, 0.25) is 0 Å². The first-order valence-corrected chi connectivity index (χ1v) is 9.06. The van der Waals surface area contributed by atoms with E-state index in [4.69, 9.17) is 9.84 Å². The number of aromatic nitrogens is 2. The number of amides is 1. The summed E-state index contributed by atoms with van der Waals surface area (Å²) in [6.45, 7) is 1.09. The number of H-pyrrole nitrogens is 1. The molecular formula is C16H21N3O4S. The maximum absolute atomic E-state index is 12.8. The second-order valence-corrected chi connectivity index (χ2v) is 6.85. The zero-order valence-electron chi connectivity index (χ0n) is 13.3. The number of ether oxygens (including phenoxy) is 1. The average Bonchev–Trinajstić information content (AvgIpc) is 3.25. The van der Waals surface area contributed by atoms with E-state index in [1.165, 1.54) is 11.3 Å². The highest BCUT2D eigenvalue weighted by atomic mass is 32.1. The third-order valence-electron chi connectivity index (χ3n) is 4.29. The van der Waals surface area contributed by atoms with Gasteiger partial charge in [-0.2, -0.15) is 0 Å². The van der Waals surface area contributed by atoms with E-state index in [0.29, 0.717) is 26.0 Å². The molecule has 2 aromatic rings. The monoisotopic (exact) mass is 351 g/mol. The Hall–Kier alpha value is -1.93. The number of carboxylic acids is 1. The summed E-state index contributed by atoms with van der Waals surface area (Å²) in [5, 5.41) is 13.5. The number of carbonyl (C=O) groups is 2. The van der Waals surface area contributed by atoms with E-state index < -0.39 is 11.6 Å². The van der Waals surface area contributed by atoms with Gasteiger partial charge in [-0.05, 0) is 25.7 Å². The minimum absolute atomic E-state index is 0.120. The Morgan fingerprint density at radius 1 is 1.42 bits per heavy atom. The predicted octanol–water partition coefficient (Wildman–Crippen LogP) is 2.39. The van der Waals surface area contributed by atoms with Gasteiger partial charge in [-0.3, -0.25) is 9.59 Å². The number of thiophene rings is 1. The third kappa shape index (κ3) is 3.29. The molecule has 3 heterocycles. The van der Waals surface area contributed by atoms with Gasteiger partial charge in [0.05, 0.1) is 16.7 Å². The van der Waals surface area contributed by atoms with Crippen molar-refractivity contribution in [2.24, 2.45) is 0 Å². The Labute approximate surface area is 143 Å². The first-order chi connectivity index (χ1) is 11.6. The molecule has 1 aliphatic rings. The summed E-state index contributed by atoms with van der Waals surface area (Å²) in [6, 6.07) is 0. The van der Waals surface area contributed by atoms with Gasteiger partial charge < -0.3 is 20.1 Å². The van der Waals surface area contributed by atoms with Crippen LogP contribution in [0.25, 0.3) is 11.0 Å². The lowest BCUT2D eigenvalue weighted by Gasteiger charge is -2.26. The van der Waals surface area contributed by atoms with Crippen LogP contribution in [-0.4, -0.2) is 40.1 Å². The molecule has 24 heavy (non-hydrogen) atoms. The van der Waals surface area contributed by atoms with E-state index in [9.17, 15) is 9.59 Å². The maximum Gasteiger partial charge on any atom is 0.303 e. The number of fused-ring (bicyclic) bond motifs is 1. The smallest absolute Gasteiger partial charge is 0.303 e. The molecule has 0 bridgehead atoms. The number of rotatable bonds is 8. The molecule has 1 saturated heterocycles. The number of aliphatic carboxylic acids is 1. The van der Waals surface area contributed by atoms with Gasteiger partial charge in [0.1, 0.15) is 5.52 Å². The summed E-state index contributed by atoms with van der Waals surface area (Å²) in [5.74, 6) is -0.900. The highest BCUT2D eigenvalue weighted by molar-refractivity contribution is 7.11. The van der Waals surface area contributed by atoms with Crippen molar-refractivity contribution < 1.29 is 19.4 Å². The van der Waals surface area contributed by atoms with Crippen molar-refractivity contribution in [2.45, 2.75) is 44.1 Å². The quantitative estimate of drug-likeness (QED) is 0.634. The van der Waals surface area contributed by atoms with Crippen LogP contribution in [0.1, 0.15) is 43.4 Å². The van der Waals surface area contributed by atoms with Crippen molar-refractivity contribution in [3.8, 4) is 0 Å². The molecule has 0 aliphatic carbocycles. The molecule has 2 aromatic heterocycles. The molecule has 1 aliphatic heterocycles. The minimum Gasteiger partial charge on any atom is -0.481 e. The van der Waals surface area contributed by atoms with Gasteiger partial charge in [-0.1, -0.05) is 6.42 Å². The van der Waals surface area contributed by atoms with E-state index >= 15 is 0 Å². The number of unbranched alkanes of at least 4 members (excludes halogenated alkanes) is 2. The van der Waals surface area contributed by atoms with Crippen LogP contribution in [0.4, 0.5) is 0 Å². The zero-order chi connectivity index (χ0) is 17.0. The Morgan fingerprint density at radius 3 is 3.04 bits per heavy atom. The fraction of sp³-hybridized carbons (Fsp3) is 0.562. The third-order valence-corrected chi connectivity index (χ3v) is 5.40. The van der Waals surface area contributed by atoms with Gasteiger partial charge in [0.2, 0.25) is 0 Å². The topological polar surface area (TPSA) is 104 Å². The normalized spacial score (nSPS) is 20.5. The maximum atomic E-state index is 12.8. The number of carboxylic acid groups (broad SMARTS) is 1. The lowest BCUT2D eigenvalue weighted by atomic mass is 9.96. The standard InChI is InChI=1S/C16H21N3O4S/c20-12(21)5-2-1-3-7-17-15(22)16(6-4-8-23-16)14-13-11(9-24-14)18-10-19-13/h9-10H,1-8H2,(H,17,22)(H,18,19)(H,20,21). The number of hydrogen-bond acceptors (Lipinski definition) is 5. The van der Waals surface area contributed by atoms with Crippen LogP contribution in [0, 0.1) is 0 Å². The average molecular weight is 351 g/mol. The summed E-state index contributed by atoms with van der Waals surface area (Å²) in [4.78, 5) is 31.5. The summed E-state index contributed by atoms with van der Waals surface area (Å²) in [6.07, 6.45) is 5.47. The number of hydrogen-bond donors (Lipinski definition) is 3. The predicted molar refractivity (Wildman–Crippen MR) is 89.9 cm³/mol. The molecule has 0 aromatic carbocycles. The largest absolute Gasteiger partial charge is 0.481 e. The lowest BCUT2D eigenvalue weighted by molar-refractivity contribution is -0.142. The van der Waals surface area contributed by atoms with Gasteiger partial charge in [-0.15, -0.1) is 11.3 Å². The second-order valence-electron chi connectivity index (χ2n) is 5.97. The van der Waals surface area contributed by atoms with Gasteiger partial charge >= 0.3 is 5.97 Å². The van der Waals surface area contributed by atoms with Crippen molar-refractivity contribution in [3.05, 3.63) is 16.6 Å². The van der Waals surface area contributed by atoms with E-state index in [2.05, 4.69) is 15.3 Å².